The van der Waals surface area contributed by atoms with Crippen LogP contribution in [0.25, 0.3) is 17.1 Å². The number of pyridine rings is 1. The molecular formula is C31H27N3O2. The number of nitrogens with zero attached hydrogens (tertiary/aromatic N) is 3. The van der Waals surface area contributed by atoms with Gasteiger partial charge in [-0.15, -0.1) is 0 Å². The van der Waals surface area contributed by atoms with Crippen LogP contribution in [0.3, 0.4) is 0 Å². The molecule has 36 heavy (non-hydrogen) atoms. The monoisotopic (exact) mass is 473 g/mol. The second-order valence-corrected chi connectivity index (χ2v) is 9.60. The van der Waals surface area contributed by atoms with E-state index in [0.29, 0.717) is 6.61 Å². The first-order valence-corrected chi connectivity index (χ1v) is 12.1. The Labute approximate surface area is 210 Å². The molecule has 1 unspecified atom stereocenters. The molecule has 6 rings (SSSR count). The number of fused-ring (bicyclic) bond motifs is 2. The Bertz CT molecular complexity index is 1550. The Morgan fingerprint density at radius 2 is 1.83 bits per heavy atom. The number of hydrogen-bond donors (Lipinski definition) is 0. The average molecular weight is 474 g/mol. The van der Waals surface area contributed by atoms with Gasteiger partial charge in [0.05, 0.1) is 23.4 Å². The molecule has 0 saturated heterocycles. The van der Waals surface area contributed by atoms with Crippen molar-refractivity contribution in [2.24, 2.45) is 0 Å². The van der Waals surface area contributed by atoms with Gasteiger partial charge in [0.15, 0.2) is 0 Å². The zero-order valence-electron chi connectivity index (χ0n) is 20.3. The number of hydrogen-bond acceptors (Lipinski definition) is 4. The summed E-state index contributed by atoms with van der Waals surface area (Å²) >= 11 is 0. The van der Waals surface area contributed by atoms with Crippen molar-refractivity contribution in [3.05, 3.63) is 126 Å². The van der Waals surface area contributed by atoms with E-state index < -0.39 is 0 Å². The average Bonchev–Trinajstić information content (AvgIpc) is 3.32. The molecule has 0 N–H and O–H groups in total. The SMILES string of the molecule is CC1(C)C=Cc2cc(C(c3cccc(OCc4cccnc4)c3)n3cnc4ccccc43)ccc2O1. The van der Waals surface area contributed by atoms with Gasteiger partial charge in [0.2, 0.25) is 0 Å². The molecule has 2 aromatic heterocycles. The lowest BCUT2D eigenvalue weighted by Crippen LogP contribution is -2.27. The van der Waals surface area contributed by atoms with E-state index in [1.165, 1.54) is 0 Å². The second kappa shape index (κ2) is 9.00. The van der Waals surface area contributed by atoms with Crippen molar-refractivity contribution in [3.8, 4) is 11.5 Å². The molecule has 0 radical (unpaired) electrons. The van der Waals surface area contributed by atoms with Crippen LogP contribution in [0.2, 0.25) is 0 Å². The molecule has 3 aromatic carbocycles. The highest BCUT2D eigenvalue weighted by Gasteiger charge is 2.24. The molecule has 178 valence electrons. The van der Waals surface area contributed by atoms with Crippen LogP contribution < -0.4 is 9.47 Å². The molecule has 0 fully saturated rings. The largest absolute Gasteiger partial charge is 0.489 e. The summed E-state index contributed by atoms with van der Waals surface area (Å²) in [4.78, 5) is 8.86. The van der Waals surface area contributed by atoms with Crippen molar-refractivity contribution >= 4 is 17.1 Å². The van der Waals surface area contributed by atoms with Gasteiger partial charge in [-0.05, 0) is 73.5 Å². The number of benzene rings is 3. The first kappa shape index (κ1) is 22.1. The van der Waals surface area contributed by atoms with Crippen molar-refractivity contribution in [3.63, 3.8) is 0 Å². The normalized spacial score (nSPS) is 14.7. The quantitative estimate of drug-likeness (QED) is 0.271. The molecule has 5 heteroatoms. The molecule has 0 saturated carbocycles. The van der Waals surface area contributed by atoms with Crippen LogP contribution >= 0.6 is 0 Å². The first-order valence-electron chi connectivity index (χ1n) is 12.1. The van der Waals surface area contributed by atoms with Gasteiger partial charge in [-0.2, -0.15) is 0 Å². The van der Waals surface area contributed by atoms with Crippen molar-refractivity contribution in [2.45, 2.75) is 32.1 Å². The molecule has 5 nitrogen and oxygen atoms in total. The van der Waals surface area contributed by atoms with E-state index in [0.717, 1.165) is 44.8 Å². The maximum Gasteiger partial charge on any atom is 0.127 e. The fourth-order valence-electron chi connectivity index (χ4n) is 4.69. The van der Waals surface area contributed by atoms with E-state index in [1.807, 2.05) is 48.9 Å². The fraction of sp³-hybridized carbons (Fsp3) is 0.161. The minimum Gasteiger partial charge on any atom is -0.489 e. The van der Waals surface area contributed by atoms with Crippen molar-refractivity contribution in [1.29, 1.82) is 0 Å². The topological polar surface area (TPSA) is 49.2 Å². The maximum absolute atomic E-state index is 6.18. The highest BCUT2D eigenvalue weighted by molar-refractivity contribution is 5.76. The molecule has 0 amide bonds. The summed E-state index contributed by atoms with van der Waals surface area (Å²) in [6, 6.07) is 26.8. The number of aromatic nitrogens is 3. The van der Waals surface area contributed by atoms with Crippen LogP contribution in [0.1, 0.15) is 42.1 Å². The van der Waals surface area contributed by atoms with Crippen LogP contribution in [0.4, 0.5) is 0 Å². The molecule has 5 aromatic rings. The summed E-state index contributed by atoms with van der Waals surface area (Å²) < 4.78 is 14.6. The van der Waals surface area contributed by atoms with Gasteiger partial charge >= 0.3 is 0 Å². The predicted molar refractivity (Wildman–Crippen MR) is 142 cm³/mol. The number of ether oxygens (including phenoxy) is 2. The van der Waals surface area contributed by atoms with Crippen molar-refractivity contribution < 1.29 is 9.47 Å². The molecule has 1 aliphatic heterocycles. The molecule has 0 spiro atoms. The Balaban J connectivity index is 1.42. The Hall–Kier alpha value is -4.38. The molecule has 0 bridgehead atoms. The summed E-state index contributed by atoms with van der Waals surface area (Å²) in [6.07, 6.45) is 9.78. The third-order valence-corrected chi connectivity index (χ3v) is 6.45. The summed E-state index contributed by atoms with van der Waals surface area (Å²) in [7, 11) is 0. The Kier molecular flexibility index (Phi) is 5.53. The zero-order chi connectivity index (χ0) is 24.5. The molecule has 3 heterocycles. The number of imidazole rings is 1. The molecule has 1 aliphatic rings. The number of rotatable bonds is 6. The smallest absolute Gasteiger partial charge is 0.127 e. The Morgan fingerprint density at radius 1 is 0.944 bits per heavy atom. The van der Waals surface area contributed by atoms with Crippen molar-refractivity contribution in [1.82, 2.24) is 14.5 Å². The zero-order valence-corrected chi connectivity index (χ0v) is 20.3. The van der Waals surface area contributed by atoms with Crippen LogP contribution in [0.5, 0.6) is 11.5 Å². The third kappa shape index (κ3) is 4.36. The van der Waals surface area contributed by atoms with E-state index in [9.17, 15) is 0 Å². The lowest BCUT2D eigenvalue weighted by atomic mass is 9.94. The molecule has 1 atom stereocenters. The first-order chi connectivity index (χ1) is 17.6. The summed E-state index contributed by atoms with van der Waals surface area (Å²) in [5.41, 5.74) is 6.10. The van der Waals surface area contributed by atoms with E-state index in [2.05, 4.69) is 83.0 Å². The minimum absolute atomic E-state index is 0.0898. The summed E-state index contributed by atoms with van der Waals surface area (Å²) in [5, 5.41) is 0. The second-order valence-electron chi connectivity index (χ2n) is 9.60. The fourth-order valence-corrected chi connectivity index (χ4v) is 4.69. The van der Waals surface area contributed by atoms with E-state index in [4.69, 9.17) is 9.47 Å². The molecular weight excluding hydrogens is 446 g/mol. The van der Waals surface area contributed by atoms with Gasteiger partial charge in [-0.1, -0.05) is 42.5 Å². The van der Waals surface area contributed by atoms with E-state index in [1.54, 1.807) is 6.20 Å². The summed E-state index contributed by atoms with van der Waals surface area (Å²) in [5.74, 6) is 1.71. The highest BCUT2D eigenvalue weighted by atomic mass is 16.5. The minimum atomic E-state index is -0.311. The van der Waals surface area contributed by atoms with Crippen LogP contribution in [-0.2, 0) is 6.61 Å². The number of para-hydroxylation sites is 2. The van der Waals surface area contributed by atoms with Crippen LogP contribution in [-0.4, -0.2) is 20.1 Å². The van der Waals surface area contributed by atoms with Crippen LogP contribution in [0.15, 0.2) is 104 Å². The van der Waals surface area contributed by atoms with E-state index in [-0.39, 0.29) is 11.6 Å². The van der Waals surface area contributed by atoms with Gasteiger partial charge in [-0.25, -0.2) is 4.98 Å². The van der Waals surface area contributed by atoms with Gasteiger partial charge in [-0.3, -0.25) is 4.98 Å². The van der Waals surface area contributed by atoms with Gasteiger partial charge in [0.1, 0.15) is 23.7 Å². The van der Waals surface area contributed by atoms with Gasteiger partial charge in [0.25, 0.3) is 0 Å². The lowest BCUT2D eigenvalue weighted by molar-refractivity contribution is 0.159. The third-order valence-electron chi connectivity index (χ3n) is 6.45. The molecule has 0 aliphatic carbocycles. The van der Waals surface area contributed by atoms with Crippen LogP contribution in [0, 0.1) is 0 Å². The van der Waals surface area contributed by atoms with Gasteiger partial charge < -0.3 is 14.0 Å². The Morgan fingerprint density at radius 3 is 2.72 bits per heavy atom. The standard InChI is InChI=1S/C31H27N3O2/c1-31(2)15-14-23-17-25(12-13-29(23)36-31)30(34-21-33-27-10-3-4-11-28(27)34)24-8-5-9-26(18-24)35-20-22-7-6-16-32-19-22/h3-19,21,30H,20H2,1-2H3. The maximum atomic E-state index is 6.18. The van der Waals surface area contributed by atoms with E-state index >= 15 is 0 Å². The van der Waals surface area contributed by atoms with Crippen molar-refractivity contribution in [2.75, 3.05) is 0 Å². The van der Waals surface area contributed by atoms with Gasteiger partial charge in [0, 0.05) is 23.5 Å². The highest BCUT2D eigenvalue weighted by Crippen LogP contribution is 2.37. The summed E-state index contributed by atoms with van der Waals surface area (Å²) in [6.45, 7) is 4.60. The predicted octanol–water partition coefficient (Wildman–Crippen LogP) is 6.83. The lowest BCUT2D eigenvalue weighted by Gasteiger charge is -2.29.